The van der Waals surface area contributed by atoms with Gasteiger partial charge in [0.15, 0.2) is 0 Å². The van der Waals surface area contributed by atoms with E-state index in [1.165, 1.54) is 18.2 Å². The van der Waals surface area contributed by atoms with E-state index in [2.05, 4.69) is 10.0 Å². The summed E-state index contributed by atoms with van der Waals surface area (Å²) < 4.78 is 28.4. The van der Waals surface area contributed by atoms with Gasteiger partial charge in [0.2, 0.25) is 15.9 Å². The predicted octanol–water partition coefficient (Wildman–Crippen LogP) is 4.67. The fraction of sp³-hybridized carbons (Fsp3) is 0.190. The molecule has 0 aliphatic carbocycles. The molecule has 1 amide bonds. The molecule has 3 aromatic carbocycles. The minimum absolute atomic E-state index is 0.0817. The largest absolute Gasteiger partial charge is 0.396 e. The van der Waals surface area contributed by atoms with E-state index in [9.17, 15) is 13.2 Å². The normalized spacial score (nSPS) is 12.8. The molecule has 0 bridgehead atoms. The molecular weight excluding hydrogens is 445 g/mol. The Balaban J connectivity index is 1.85. The van der Waals surface area contributed by atoms with Gasteiger partial charge in [0.05, 0.1) is 20.6 Å². The summed E-state index contributed by atoms with van der Waals surface area (Å²) in [5, 5.41) is 4.74. The van der Waals surface area contributed by atoms with E-state index in [0.29, 0.717) is 5.69 Å². The van der Waals surface area contributed by atoms with Crippen molar-refractivity contribution in [3.05, 3.63) is 64.6 Å². The van der Waals surface area contributed by atoms with Gasteiger partial charge in [0.25, 0.3) is 0 Å². The van der Waals surface area contributed by atoms with Gasteiger partial charge in [-0.15, -0.1) is 0 Å². The Labute approximate surface area is 185 Å². The second kappa shape index (κ2) is 8.81. The molecule has 0 aliphatic rings. The number of fused-ring (bicyclic) bond motifs is 1. The lowest BCUT2D eigenvalue weighted by Gasteiger charge is -2.22. The molecule has 4 N–H and O–H groups in total. The number of nitrogens with two attached hydrogens (primary N) is 1. The third-order valence-electron chi connectivity index (χ3n) is 4.61. The van der Waals surface area contributed by atoms with Crippen LogP contribution in [0.15, 0.2) is 59.5 Å². The van der Waals surface area contributed by atoms with Gasteiger partial charge in [-0.05, 0) is 41.0 Å². The standard InChI is InChI=1S/C21H21Cl2N3O3S/c1-12(2)20(21(27)25-15-10-17(22)19(24)18(23)11-15)26-30(28,29)16-8-7-13-5-3-4-6-14(13)9-16/h3-12,20,26H,24H2,1-2H3,(H,25,27)/t20-/m1/s1. The van der Waals surface area contributed by atoms with Crippen LogP contribution >= 0.6 is 23.2 Å². The maximum Gasteiger partial charge on any atom is 0.242 e. The molecule has 0 aromatic heterocycles. The van der Waals surface area contributed by atoms with Crippen molar-refractivity contribution in [3.8, 4) is 0 Å². The van der Waals surface area contributed by atoms with E-state index in [4.69, 9.17) is 28.9 Å². The van der Waals surface area contributed by atoms with Gasteiger partial charge in [-0.1, -0.05) is 67.4 Å². The summed E-state index contributed by atoms with van der Waals surface area (Å²) in [6.45, 7) is 3.49. The monoisotopic (exact) mass is 465 g/mol. The van der Waals surface area contributed by atoms with Crippen molar-refractivity contribution < 1.29 is 13.2 Å². The molecule has 9 heteroatoms. The van der Waals surface area contributed by atoms with Crippen LogP contribution in [0.25, 0.3) is 10.8 Å². The van der Waals surface area contributed by atoms with Crippen molar-refractivity contribution in [2.45, 2.75) is 24.8 Å². The van der Waals surface area contributed by atoms with Gasteiger partial charge in [0, 0.05) is 5.69 Å². The number of nitrogen functional groups attached to an aromatic ring is 1. The quantitative estimate of drug-likeness (QED) is 0.460. The number of anilines is 2. The van der Waals surface area contributed by atoms with Crippen molar-refractivity contribution in [3.63, 3.8) is 0 Å². The first kappa shape index (κ1) is 22.4. The molecule has 0 fully saturated rings. The van der Waals surface area contributed by atoms with Crippen LogP contribution in [0.4, 0.5) is 11.4 Å². The molecule has 0 heterocycles. The topological polar surface area (TPSA) is 101 Å². The average Bonchev–Trinajstić information content (AvgIpc) is 2.69. The Morgan fingerprint density at radius 1 is 0.967 bits per heavy atom. The molecule has 158 valence electrons. The first-order chi connectivity index (χ1) is 14.1. The van der Waals surface area contributed by atoms with Crippen molar-refractivity contribution in [1.82, 2.24) is 4.72 Å². The highest BCUT2D eigenvalue weighted by Crippen LogP contribution is 2.31. The highest BCUT2D eigenvalue weighted by atomic mass is 35.5. The van der Waals surface area contributed by atoms with Crippen LogP contribution in [0, 0.1) is 5.92 Å². The Morgan fingerprint density at radius 3 is 2.17 bits per heavy atom. The predicted molar refractivity (Wildman–Crippen MR) is 122 cm³/mol. The Morgan fingerprint density at radius 2 is 1.57 bits per heavy atom. The van der Waals surface area contributed by atoms with E-state index in [-0.39, 0.29) is 26.5 Å². The van der Waals surface area contributed by atoms with Crippen LogP contribution < -0.4 is 15.8 Å². The Bertz CT molecular complexity index is 1190. The Kier molecular flexibility index (Phi) is 6.57. The summed E-state index contributed by atoms with van der Waals surface area (Å²) in [5.74, 6) is -0.855. The number of hydrogen-bond acceptors (Lipinski definition) is 4. The number of nitrogens with one attached hydrogen (secondary N) is 2. The van der Waals surface area contributed by atoms with E-state index in [1.807, 2.05) is 24.3 Å². The van der Waals surface area contributed by atoms with Gasteiger partial charge in [0.1, 0.15) is 6.04 Å². The zero-order valence-electron chi connectivity index (χ0n) is 16.3. The maximum atomic E-state index is 13.0. The third-order valence-corrected chi connectivity index (χ3v) is 6.67. The highest BCUT2D eigenvalue weighted by Gasteiger charge is 2.29. The molecule has 6 nitrogen and oxygen atoms in total. The summed E-state index contributed by atoms with van der Waals surface area (Å²) in [6.07, 6.45) is 0. The molecular formula is C21H21Cl2N3O3S. The Hall–Kier alpha value is -2.32. The number of rotatable bonds is 6. The number of sulfonamides is 1. The van der Waals surface area contributed by atoms with Crippen molar-refractivity contribution in [1.29, 1.82) is 0 Å². The van der Waals surface area contributed by atoms with E-state index < -0.39 is 22.0 Å². The molecule has 3 aromatic rings. The number of hydrogen-bond donors (Lipinski definition) is 3. The molecule has 30 heavy (non-hydrogen) atoms. The van der Waals surface area contributed by atoms with Crippen LogP contribution in [0.2, 0.25) is 10.0 Å². The highest BCUT2D eigenvalue weighted by molar-refractivity contribution is 7.89. The summed E-state index contributed by atoms with van der Waals surface area (Å²) in [7, 11) is -3.94. The van der Waals surface area contributed by atoms with Crippen LogP contribution in [0.5, 0.6) is 0 Å². The number of carbonyl (C=O) groups excluding carboxylic acids is 1. The first-order valence-corrected chi connectivity index (χ1v) is 11.4. The average molecular weight is 466 g/mol. The second-order valence-electron chi connectivity index (χ2n) is 7.19. The summed E-state index contributed by atoms with van der Waals surface area (Å²) in [6, 6.07) is 14.1. The fourth-order valence-corrected chi connectivity index (χ4v) is 4.80. The maximum absolute atomic E-state index is 13.0. The summed E-state index contributed by atoms with van der Waals surface area (Å²) in [4.78, 5) is 12.9. The van der Waals surface area contributed by atoms with Crippen molar-refractivity contribution >= 4 is 61.3 Å². The van der Waals surface area contributed by atoms with E-state index in [0.717, 1.165) is 10.8 Å². The van der Waals surface area contributed by atoms with Crippen LogP contribution in [0.1, 0.15) is 13.8 Å². The second-order valence-corrected chi connectivity index (χ2v) is 9.72. The van der Waals surface area contributed by atoms with Gasteiger partial charge < -0.3 is 11.1 Å². The van der Waals surface area contributed by atoms with Crippen LogP contribution in [0.3, 0.4) is 0 Å². The molecule has 0 spiro atoms. The third kappa shape index (κ3) is 4.87. The number of amides is 1. The lowest BCUT2D eigenvalue weighted by molar-refractivity contribution is -0.118. The van der Waals surface area contributed by atoms with Crippen LogP contribution in [-0.2, 0) is 14.8 Å². The number of benzene rings is 3. The van der Waals surface area contributed by atoms with Gasteiger partial charge in [-0.2, -0.15) is 4.72 Å². The van der Waals surface area contributed by atoms with Crippen molar-refractivity contribution in [2.75, 3.05) is 11.1 Å². The van der Waals surface area contributed by atoms with Gasteiger partial charge in [-0.3, -0.25) is 4.79 Å². The SMILES string of the molecule is CC(C)[C@@H](NS(=O)(=O)c1ccc2ccccc2c1)C(=O)Nc1cc(Cl)c(N)c(Cl)c1. The van der Waals surface area contributed by atoms with Crippen LogP contribution in [-0.4, -0.2) is 20.4 Å². The molecule has 1 atom stereocenters. The summed E-state index contributed by atoms with van der Waals surface area (Å²) in [5.41, 5.74) is 6.23. The molecule has 0 aliphatic heterocycles. The van der Waals surface area contributed by atoms with E-state index in [1.54, 1.807) is 26.0 Å². The molecule has 0 unspecified atom stereocenters. The first-order valence-electron chi connectivity index (χ1n) is 9.15. The minimum atomic E-state index is -3.94. The lowest BCUT2D eigenvalue weighted by atomic mass is 10.0. The molecule has 0 saturated heterocycles. The lowest BCUT2D eigenvalue weighted by Crippen LogP contribution is -2.47. The minimum Gasteiger partial charge on any atom is -0.396 e. The fourth-order valence-electron chi connectivity index (χ4n) is 2.94. The molecule has 0 saturated carbocycles. The smallest absolute Gasteiger partial charge is 0.242 e. The molecule has 3 rings (SSSR count). The van der Waals surface area contributed by atoms with Crippen molar-refractivity contribution in [2.24, 2.45) is 5.92 Å². The summed E-state index contributed by atoms with van der Waals surface area (Å²) >= 11 is 12.0. The zero-order chi connectivity index (χ0) is 22.1. The number of halogens is 2. The van der Waals surface area contributed by atoms with Gasteiger partial charge >= 0.3 is 0 Å². The van der Waals surface area contributed by atoms with E-state index >= 15 is 0 Å². The number of carbonyl (C=O) groups is 1. The van der Waals surface area contributed by atoms with Gasteiger partial charge in [-0.25, -0.2) is 8.42 Å². The molecule has 0 radical (unpaired) electrons. The zero-order valence-corrected chi connectivity index (χ0v) is 18.6.